The van der Waals surface area contributed by atoms with Crippen LogP contribution in [0.1, 0.15) is 43.2 Å². The summed E-state index contributed by atoms with van der Waals surface area (Å²) in [6, 6.07) is 11.3. The molecule has 9 nitrogen and oxygen atoms in total. The molecular weight excluding hydrogens is 483 g/mol. The third kappa shape index (κ3) is 4.45. The second-order valence-corrected chi connectivity index (χ2v) is 10.4. The number of benzene rings is 1. The maximum Gasteiger partial charge on any atom is 0.273 e. The molecular formula is C28H31FN8O. The van der Waals surface area contributed by atoms with E-state index in [1.165, 1.54) is 31.2 Å². The van der Waals surface area contributed by atoms with Crippen LogP contribution in [0.2, 0.25) is 0 Å². The quantitative estimate of drug-likeness (QED) is 0.391. The lowest BCUT2D eigenvalue weighted by molar-refractivity contribution is 0.102. The first kappa shape index (κ1) is 24.3. The third-order valence-corrected chi connectivity index (χ3v) is 7.69. The Hall–Kier alpha value is -4.05. The summed E-state index contributed by atoms with van der Waals surface area (Å²) in [6.07, 6.45) is 7.42. The predicted molar refractivity (Wildman–Crippen MR) is 145 cm³/mol. The number of H-pyrrole nitrogens is 1. The van der Waals surface area contributed by atoms with Crippen LogP contribution in [0.3, 0.4) is 0 Å². The molecule has 4 aromatic rings. The monoisotopic (exact) mass is 514 g/mol. The van der Waals surface area contributed by atoms with Gasteiger partial charge in [0, 0.05) is 36.8 Å². The van der Waals surface area contributed by atoms with Gasteiger partial charge in [-0.15, -0.1) is 0 Å². The molecule has 0 aliphatic carbocycles. The van der Waals surface area contributed by atoms with Gasteiger partial charge >= 0.3 is 0 Å². The van der Waals surface area contributed by atoms with Crippen molar-refractivity contribution in [2.75, 3.05) is 30.4 Å². The lowest BCUT2D eigenvalue weighted by Gasteiger charge is -2.39. The molecule has 196 valence electrons. The van der Waals surface area contributed by atoms with Gasteiger partial charge in [-0.05, 0) is 70.1 Å². The van der Waals surface area contributed by atoms with E-state index in [2.05, 4.69) is 42.1 Å². The number of imidazole rings is 2. The molecule has 0 spiro atoms. The molecule has 2 saturated heterocycles. The zero-order valence-electron chi connectivity index (χ0n) is 21.7. The Labute approximate surface area is 220 Å². The molecule has 2 atom stereocenters. The molecule has 2 N–H and O–H groups in total. The van der Waals surface area contributed by atoms with Crippen molar-refractivity contribution in [2.45, 2.75) is 44.8 Å². The Bertz CT molecular complexity index is 1430. The summed E-state index contributed by atoms with van der Waals surface area (Å²) in [5.41, 5.74) is 3.10. The van der Waals surface area contributed by atoms with E-state index in [1.807, 2.05) is 30.5 Å². The lowest BCUT2D eigenvalue weighted by atomic mass is 10.1. The molecule has 5 heterocycles. The number of halogens is 1. The average molecular weight is 515 g/mol. The summed E-state index contributed by atoms with van der Waals surface area (Å²) >= 11 is 0. The molecule has 3 aromatic heterocycles. The van der Waals surface area contributed by atoms with Crippen LogP contribution >= 0.6 is 0 Å². The lowest BCUT2D eigenvalue weighted by Crippen LogP contribution is -2.52. The van der Waals surface area contributed by atoms with Gasteiger partial charge in [0.2, 0.25) is 0 Å². The highest BCUT2D eigenvalue weighted by Gasteiger charge is 2.37. The third-order valence-electron chi connectivity index (χ3n) is 7.69. The largest absolute Gasteiger partial charge is 0.353 e. The van der Waals surface area contributed by atoms with Crippen molar-refractivity contribution in [1.29, 1.82) is 0 Å². The number of aromatic amines is 1. The number of piperazine rings is 1. The van der Waals surface area contributed by atoms with E-state index in [0.29, 0.717) is 35.0 Å². The molecule has 1 aromatic carbocycles. The zero-order valence-corrected chi connectivity index (χ0v) is 21.7. The van der Waals surface area contributed by atoms with E-state index in [1.54, 1.807) is 24.7 Å². The molecule has 0 saturated carbocycles. The first-order chi connectivity index (χ1) is 18.4. The predicted octanol–water partition coefficient (Wildman–Crippen LogP) is 4.59. The van der Waals surface area contributed by atoms with Crippen LogP contribution in [0.25, 0.3) is 22.8 Å². The number of pyridine rings is 1. The first-order valence-corrected chi connectivity index (χ1v) is 13.0. The molecule has 0 radical (unpaired) electrons. The van der Waals surface area contributed by atoms with Gasteiger partial charge in [0.05, 0.1) is 30.1 Å². The van der Waals surface area contributed by atoms with Gasteiger partial charge in [-0.2, -0.15) is 0 Å². The number of carbonyl (C=O) groups excluding carboxylic acids is 1. The van der Waals surface area contributed by atoms with Gasteiger partial charge in [-0.1, -0.05) is 0 Å². The van der Waals surface area contributed by atoms with Crippen LogP contribution in [0, 0.1) is 5.82 Å². The number of rotatable bonds is 6. The molecule has 10 heteroatoms. The van der Waals surface area contributed by atoms with Crippen LogP contribution < -0.4 is 10.2 Å². The van der Waals surface area contributed by atoms with E-state index in [-0.39, 0.29) is 17.8 Å². The number of carbonyl (C=O) groups is 1. The summed E-state index contributed by atoms with van der Waals surface area (Å²) in [7, 11) is 2.22. The van der Waals surface area contributed by atoms with E-state index >= 15 is 0 Å². The highest BCUT2D eigenvalue weighted by atomic mass is 19.1. The molecule has 2 aliphatic heterocycles. The number of nitrogens with zero attached hydrogens (tertiary/aromatic N) is 6. The Morgan fingerprint density at radius 2 is 1.76 bits per heavy atom. The fourth-order valence-electron chi connectivity index (χ4n) is 5.51. The fourth-order valence-corrected chi connectivity index (χ4v) is 5.51. The number of amides is 1. The van der Waals surface area contributed by atoms with Crippen LogP contribution in [-0.4, -0.2) is 67.5 Å². The van der Waals surface area contributed by atoms with Gasteiger partial charge in [-0.25, -0.2) is 19.3 Å². The van der Waals surface area contributed by atoms with Crippen LogP contribution in [0.4, 0.5) is 15.9 Å². The van der Waals surface area contributed by atoms with Crippen molar-refractivity contribution in [3.05, 3.63) is 66.6 Å². The molecule has 2 unspecified atom stereocenters. The molecule has 2 aliphatic rings. The van der Waals surface area contributed by atoms with Gasteiger partial charge in [0.1, 0.15) is 23.0 Å². The standard InChI is InChI=1S/C28H31FN8O/c1-17(2)37-16-32-25(18-4-6-19(29)7-5-18)26(37)27-31-13-23(34-27)28(38)33-20-8-11-24(30-12-20)36-14-21-9-10-22(15-36)35(21)3/h4-8,11-13,16-17,21-22H,9-10,14-15H2,1-3H3,(H,31,34)(H,33,38). The smallest absolute Gasteiger partial charge is 0.273 e. The van der Waals surface area contributed by atoms with Gasteiger partial charge in [-0.3, -0.25) is 9.69 Å². The van der Waals surface area contributed by atoms with Crippen LogP contribution in [0.5, 0.6) is 0 Å². The molecule has 1 amide bonds. The topological polar surface area (TPSA) is 95.0 Å². The summed E-state index contributed by atoms with van der Waals surface area (Å²) < 4.78 is 15.5. The number of fused-ring (bicyclic) bond motifs is 2. The summed E-state index contributed by atoms with van der Waals surface area (Å²) in [5, 5.41) is 2.91. The number of hydrogen-bond acceptors (Lipinski definition) is 6. The molecule has 2 fully saturated rings. The highest BCUT2D eigenvalue weighted by molar-refractivity contribution is 6.03. The van der Waals surface area contributed by atoms with Gasteiger partial charge in [0.15, 0.2) is 5.82 Å². The number of hydrogen-bond donors (Lipinski definition) is 2. The minimum atomic E-state index is -0.311. The van der Waals surface area contributed by atoms with E-state index in [9.17, 15) is 9.18 Å². The summed E-state index contributed by atoms with van der Waals surface area (Å²) in [5.74, 6) is 0.828. The maximum atomic E-state index is 13.5. The second-order valence-electron chi connectivity index (χ2n) is 10.4. The molecule has 2 bridgehead atoms. The van der Waals surface area contributed by atoms with Gasteiger partial charge in [0.25, 0.3) is 5.91 Å². The van der Waals surface area contributed by atoms with Crippen LogP contribution in [0.15, 0.2) is 55.1 Å². The number of aromatic nitrogens is 5. The molecule has 38 heavy (non-hydrogen) atoms. The summed E-state index contributed by atoms with van der Waals surface area (Å²) in [6.45, 7) is 6.05. The Balaban J connectivity index is 1.19. The van der Waals surface area contributed by atoms with E-state index in [4.69, 9.17) is 0 Å². The number of nitrogens with one attached hydrogen (secondary N) is 2. The minimum absolute atomic E-state index is 0.106. The SMILES string of the molecule is CC(C)n1cnc(-c2ccc(F)cc2)c1-c1ncc(C(=O)Nc2ccc(N3CC4CCC(C3)N4C)nc2)[nH]1. The fraction of sp³-hybridized carbons (Fsp3) is 0.357. The van der Waals surface area contributed by atoms with Crippen molar-refractivity contribution in [1.82, 2.24) is 29.4 Å². The maximum absolute atomic E-state index is 13.5. The van der Waals surface area contributed by atoms with E-state index < -0.39 is 0 Å². The Morgan fingerprint density at radius 3 is 2.42 bits per heavy atom. The Kier molecular flexibility index (Phi) is 6.19. The normalized spacial score (nSPS) is 19.3. The minimum Gasteiger partial charge on any atom is -0.353 e. The van der Waals surface area contributed by atoms with Crippen molar-refractivity contribution in [3.8, 4) is 22.8 Å². The van der Waals surface area contributed by atoms with Gasteiger partial charge < -0.3 is 19.8 Å². The number of anilines is 2. The second kappa shape index (κ2) is 9.68. The van der Waals surface area contributed by atoms with Crippen molar-refractivity contribution >= 4 is 17.4 Å². The molecule has 6 rings (SSSR count). The average Bonchev–Trinajstić information content (AvgIpc) is 3.61. The zero-order chi connectivity index (χ0) is 26.4. The van der Waals surface area contributed by atoms with Crippen molar-refractivity contribution in [2.24, 2.45) is 0 Å². The van der Waals surface area contributed by atoms with Crippen LogP contribution in [-0.2, 0) is 0 Å². The highest BCUT2D eigenvalue weighted by Crippen LogP contribution is 2.33. The first-order valence-electron chi connectivity index (χ1n) is 13.0. The van der Waals surface area contributed by atoms with Crippen molar-refractivity contribution < 1.29 is 9.18 Å². The van der Waals surface area contributed by atoms with Crippen molar-refractivity contribution in [3.63, 3.8) is 0 Å². The number of likely N-dealkylation sites (N-methyl/N-ethyl adjacent to an activating group) is 1. The summed E-state index contributed by atoms with van der Waals surface area (Å²) in [4.78, 5) is 34.7. The Morgan fingerprint density at radius 1 is 1.03 bits per heavy atom. The van der Waals surface area contributed by atoms with E-state index in [0.717, 1.165) is 30.2 Å².